The minimum Gasteiger partial charge on any atom is -0.507 e. The number of carbonyl (C=O) groups is 1. The number of anilines is 1. The highest BCUT2D eigenvalue weighted by Crippen LogP contribution is 2.29. The highest BCUT2D eigenvalue weighted by atomic mass is 16.3. The molecule has 0 saturated heterocycles. The van der Waals surface area contributed by atoms with Crippen molar-refractivity contribution in [3.63, 3.8) is 0 Å². The Morgan fingerprint density at radius 3 is 2.79 bits per heavy atom. The van der Waals surface area contributed by atoms with Gasteiger partial charge in [-0.2, -0.15) is 0 Å². The number of nitrogens with two attached hydrogens (primary N) is 1. The molecule has 14 heavy (non-hydrogen) atoms. The molecule has 0 fully saturated rings. The van der Waals surface area contributed by atoms with Gasteiger partial charge in [0.15, 0.2) is 0 Å². The summed E-state index contributed by atoms with van der Waals surface area (Å²) in [6, 6.07) is 3.43. The van der Waals surface area contributed by atoms with Crippen molar-refractivity contribution in [3.8, 4) is 5.75 Å². The number of phenols is 1. The highest BCUT2D eigenvalue weighted by Gasteiger charge is 2.09. The van der Waals surface area contributed by atoms with E-state index in [1.165, 1.54) is 0 Å². The second kappa shape index (κ2) is 4.65. The van der Waals surface area contributed by atoms with Crippen molar-refractivity contribution in [1.82, 2.24) is 0 Å². The van der Waals surface area contributed by atoms with Gasteiger partial charge in [0.25, 0.3) is 0 Å². The molecule has 0 amide bonds. The van der Waals surface area contributed by atoms with Gasteiger partial charge in [-0.05, 0) is 12.5 Å². The molecule has 0 heterocycles. The molecule has 0 unspecified atom stereocenters. The van der Waals surface area contributed by atoms with Crippen molar-refractivity contribution in [3.05, 3.63) is 23.3 Å². The standard InChI is InChI=1S/C11H15NO2/c1-2-3-9-10(12)5-4-8(6-7-13)11(9)14/h4-5,7,14H,2-3,6,12H2,1H3. The van der Waals surface area contributed by atoms with Crippen molar-refractivity contribution in [2.45, 2.75) is 26.2 Å². The summed E-state index contributed by atoms with van der Waals surface area (Å²) in [5.41, 5.74) is 7.73. The van der Waals surface area contributed by atoms with Crippen molar-refractivity contribution >= 4 is 12.0 Å². The molecule has 0 aliphatic rings. The number of benzene rings is 1. The van der Waals surface area contributed by atoms with Crippen molar-refractivity contribution in [1.29, 1.82) is 0 Å². The van der Waals surface area contributed by atoms with Gasteiger partial charge >= 0.3 is 0 Å². The first-order chi connectivity index (χ1) is 6.70. The second-order valence-corrected chi connectivity index (χ2v) is 3.26. The van der Waals surface area contributed by atoms with Gasteiger partial charge in [-0.3, -0.25) is 0 Å². The maximum atomic E-state index is 10.3. The Bertz CT molecular complexity index is 334. The van der Waals surface area contributed by atoms with Gasteiger partial charge in [0.1, 0.15) is 12.0 Å². The molecule has 0 aromatic heterocycles. The minimum absolute atomic E-state index is 0.180. The number of hydrogen-bond donors (Lipinski definition) is 2. The predicted octanol–water partition coefficient (Wildman–Crippen LogP) is 1.67. The number of carbonyl (C=O) groups excluding carboxylic acids is 1. The first-order valence-electron chi connectivity index (χ1n) is 4.73. The lowest BCUT2D eigenvalue weighted by Crippen LogP contribution is -1.98. The first-order valence-corrected chi connectivity index (χ1v) is 4.73. The summed E-state index contributed by atoms with van der Waals surface area (Å²) in [4.78, 5) is 10.3. The topological polar surface area (TPSA) is 63.3 Å². The monoisotopic (exact) mass is 193 g/mol. The van der Waals surface area contributed by atoms with Crippen LogP contribution in [0.4, 0.5) is 5.69 Å². The van der Waals surface area contributed by atoms with Crippen LogP contribution in [0.3, 0.4) is 0 Å². The van der Waals surface area contributed by atoms with Crippen LogP contribution in [0.1, 0.15) is 24.5 Å². The van der Waals surface area contributed by atoms with Crippen LogP contribution in [0.25, 0.3) is 0 Å². The summed E-state index contributed by atoms with van der Waals surface area (Å²) in [7, 11) is 0. The molecular formula is C11H15NO2. The second-order valence-electron chi connectivity index (χ2n) is 3.26. The molecule has 0 aliphatic carbocycles. The Kier molecular flexibility index (Phi) is 3.51. The van der Waals surface area contributed by atoms with Gasteiger partial charge in [0, 0.05) is 23.2 Å². The zero-order chi connectivity index (χ0) is 10.6. The van der Waals surface area contributed by atoms with E-state index in [4.69, 9.17) is 5.73 Å². The molecule has 1 rings (SSSR count). The van der Waals surface area contributed by atoms with E-state index < -0.39 is 0 Å². The smallest absolute Gasteiger partial charge is 0.124 e. The lowest BCUT2D eigenvalue weighted by Gasteiger charge is -2.10. The van der Waals surface area contributed by atoms with Crippen LogP contribution in [0.5, 0.6) is 5.75 Å². The van der Waals surface area contributed by atoms with Crippen LogP contribution in [-0.4, -0.2) is 11.4 Å². The van der Waals surface area contributed by atoms with Gasteiger partial charge in [-0.25, -0.2) is 0 Å². The molecule has 0 aliphatic heterocycles. The van der Waals surface area contributed by atoms with E-state index in [9.17, 15) is 9.90 Å². The molecule has 0 atom stereocenters. The summed E-state index contributed by atoms with van der Waals surface area (Å²) >= 11 is 0. The maximum Gasteiger partial charge on any atom is 0.124 e. The molecule has 0 spiro atoms. The Labute approximate surface area is 83.6 Å². The van der Waals surface area contributed by atoms with E-state index in [1.807, 2.05) is 6.92 Å². The summed E-state index contributed by atoms with van der Waals surface area (Å²) in [5.74, 6) is 0.180. The fraction of sp³-hybridized carbons (Fsp3) is 0.364. The van der Waals surface area contributed by atoms with Gasteiger partial charge in [-0.1, -0.05) is 19.4 Å². The number of hydrogen-bond acceptors (Lipinski definition) is 3. The molecular weight excluding hydrogens is 178 g/mol. The Morgan fingerprint density at radius 2 is 2.21 bits per heavy atom. The van der Waals surface area contributed by atoms with Crippen LogP contribution in [0.2, 0.25) is 0 Å². The van der Waals surface area contributed by atoms with Crippen molar-refractivity contribution in [2.75, 3.05) is 5.73 Å². The molecule has 0 bridgehead atoms. The van der Waals surface area contributed by atoms with Crippen LogP contribution in [0.15, 0.2) is 12.1 Å². The SMILES string of the molecule is CCCc1c(N)ccc(CC=O)c1O. The Balaban J connectivity index is 3.11. The highest BCUT2D eigenvalue weighted by molar-refractivity contribution is 5.63. The first kappa shape index (κ1) is 10.6. The van der Waals surface area contributed by atoms with Gasteiger partial charge in [0.2, 0.25) is 0 Å². The van der Waals surface area contributed by atoms with E-state index in [0.29, 0.717) is 11.3 Å². The molecule has 3 N–H and O–H groups in total. The third-order valence-corrected chi connectivity index (χ3v) is 2.21. The molecule has 0 saturated carbocycles. The van der Waals surface area contributed by atoms with Crippen molar-refractivity contribution in [2.24, 2.45) is 0 Å². The van der Waals surface area contributed by atoms with Gasteiger partial charge < -0.3 is 15.6 Å². The summed E-state index contributed by atoms with van der Waals surface area (Å²) in [6.45, 7) is 2.02. The molecule has 3 heteroatoms. The Morgan fingerprint density at radius 1 is 1.50 bits per heavy atom. The van der Waals surface area contributed by atoms with E-state index in [1.54, 1.807) is 12.1 Å². The van der Waals surface area contributed by atoms with E-state index in [-0.39, 0.29) is 12.2 Å². The fourth-order valence-corrected chi connectivity index (χ4v) is 1.47. The van der Waals surface area contributed by atoms with Crippen LogP contribution < -0.4 is 5.73 Å². The van der Waals surface area contributed by atoms with E-state index in [2.05, 4.69) is 0 Å². The molecule has 76 valence electrons. The minimum atomic E-state index is 0.180. The quantitative estimate of drug-likeness (QED) is 0.564. The number of nitrogen functional groups attached to an aromatic ring is 1. The normalized spacial score (nSPS) is 10.1. The van der Waals surface area contributed by atoms with E-state index in [0.717, 1.165) is 24.7 Å². The third-order valence-electron chi connectivity index (χ3n) is 2.21. The number of phenolic OH excluding ortho intramolecular Hbond substituents is 1. The fourth-order valence-electron chi connectivity index (χ4n) is 1.47. The number of rotatable bonds is 4. The van der Waals surface area contributed by atoms with Crippen molar-refractivity contribution < 1.29 is 9.90 Å². The van der Waals surface area contributed by atoms with E-state index >= 15 is 0 Å². The Hall–Kier alpha value is -1.51. The lowest BCUT2D eigenvalue weighted by molar-refractivity contribution is -0.107. The zero-order valence-corrected chi connectivity index (χ0v) is 8.29. The largest absolute Gasteiger partial charge is 0.507 e. The maximum absolute atomic E-state index is 10.3. The third kappa shape index (κ3) is 2.05. The number of aromatic hydroxyl groups is 1. The average Bonchev–Trinajstić information content (AvgIpc) is 2.17. The predicted molar refractivity (Wildman–Crippen MR) is 56.3 cm³/mol. The van der Waals surface area contributed by atoms with Gasteiger partial charge in [0.05, 0.1) is 0 Å². The van der Waals surface area contributed by atoms with Crippen LogP contribution in [-0.2, 0) is 17.6 Å². The lowest BCUT2D eigenvalue weighted by atomic mass is 10.0. The van der Waals surface area contributed by atoms with Crippen LogP contribution >= 0.6 is 0 Å². The summed E-state index contributed by atoms with van der Waals surface area (Å²) in [6.07, 6.45) is 2.68. The molecule has 1 aromatic rings. The summed E-state index contributed by atoms with van der Waals surface area (Å²) in [5, 5.41) is 9.79. The molecule has 0 radical (unpaired) electrons. The van der Waals surface area contributed by atoms with Gasteiger partial charge in [-0.15, -0.1) is 0 Å². The van der Waals surface area contributed by atoms with Crippen LogP contribution in [0, 0.1) is 0 Å². The molecule has 1 aromatic carbocycles. The zero-order valence-electron chi connectivity index (χ0n) is 8.29. The molecule has 3 nitrogen and oxygen atoms in total. The average molecular weight is 193 g/mol. The number of aldehydes is 1. The summed E-state index contributed by atoms with van der Waals surface area (Å²) < 4.78 is 0.